The number of ether oxygens (including phenoxy) is 1. The quantitative estimate of drug-likeness (QED) is 0.814. The van der Waals surface area contributed by atoms with Crippen molar-refractivity contribution in [1.82, 2.24) is 5.32 Å². The minimum Gasteiger partial charge on any atom is -0.376 e. The van der Waals surface area contributed by atoms with Gasteiger partial charge in [0.1, 0.15) is 0 Å². The second-order valence-corrected chi connectivity index (χ2v) is 7.15. The van der Waals surface area contributed by atoms with Gasteiger partial charge in [-0.25, -0.2) is 0 Å². The normalized spacial score (nSPS) is 14.1. The number of thiophene rings is 1. The lowest BCUT2D eigenvalue weighted by Gasteiger charge is -2.27. The average Bonchev–Trinajstić information content (AvgIpc) is 2.73. The van der Waals surface area contributed by atoms with E-state index in [1.165, 1.54) is 4.88 Å². The summed E-state index contributed by atoms with van der Waals surface area (Å²) in [6.45, 7) is 12.8. The van der Waals surface area contributed by atoms with E-state index in [0.717, 1.165) is 19.6 Å². The summed E-state index contributed by atoms with van der Waals surface area (Å²) in [5, 5.41) is 5.65. The van der Waals surface area contributed by atoms with Crippen LogP contribution in [0.2, 0.25) is 0 Å². The molecule has 1 aromatic heterocycles. The molecule has 1 atom stereocenters. The van der Waals surface area contributed by atoms with Gasteiger partial charge in [-0.15, -0.1) is 11.3 Å². The Balaban J connectivity index is 2.29. The number of nitrogens with one attached hydrogen (secondary N) is 1. The molecule has 0 aliphatic heterocycles. The smallest absolute Gasteiger partial charge is 0.0722 e. The molecule has 0 aromatic carbocycles. The largest absolute Gasteiger partial charge is 0.376 e. The van der Waals surface area contributed by atoms with Gasteiger partial charge in [-0.05, 0) is 38.1 Å². The van der Waals surface area contributed by atoms with Crippen molar-refractivity contribution in [2.45, 2.75) is 52.7 Å². The first-order valence-corrected chi connectivity index (χ1v) is 7.65. The number of hydrogen-bond donors (Lipinski definition) is 1. The Hall–Kier alpha value is -0.380. The Labute approximate surface area is 116 Å². The summed E-state index contributed by atoms with van der Waals surface area (Å²) in [6.07, 6.45) is 1.32. The highest BCUT2D eigenvalue weighted by Gasteiger charge is 2.17. The number of rotatable bonds is 7. The third kappa shape index (κ3) is 6.53. The van der Waals surface area contributed by atoms with E-state index in [1.54, 1.807) is 11.3 Å². The third-order valence-electron chi connectivity index (χ3n) is 2.84. The van der Waals surface area contributed by atoms with Crippen LogP contribution in [0.3, 0.4) is 0 Å². The van der Waals surface area contributed by atoms with Crippen LogP contribution in [0.5, 0.6) is 0 Å². The van der Waals surface area contributed by atoms with Crippen LogP contribution in [0.1, 0.15) is 39.5 Å². The van der Waals surface area contributed by atoms with Crippen molar-refractivity contribution < 1.29 is 4.74 Å². The molecule has 1 rings (SSSR count). The predicted molar refractivity (Wildman–Crippen MR) is 80.4 cm³/mol. The second-order valence-electron chi connectivity index (χ2n) is 6.11. The summed E-state index contributed by atoms with van der Waals surface area (Å²) in [5.74, 6) is 0.545. The maximum absolute atomic E-state index is 6.02. The highest BCUT2D eigenvalue weighted by Crippen LogP contribution is 2.12. The first-order chi connectivity index (χ1) is 8.38. The lowest BCUT2D eigenvalue weighted by Crippen LogP contribution is -2.43. The minimum absolute atomic E-state index is 0.157. The van der Waals surface area contributed by atoms with E-state index < -0.39 is 0 Å². The van der Waals surface area contributed by atoms with Gasteiger partial charge in [0.05, 0.1) is 12.7 Å². The first-order valence-electron chi connectivity index (χ1n) is 6.77. The number of hydrogen-bond acceptors (Lipinski definition) is 3. The van der Waals surface area contributed by atoms with Crippen molar-refractivity contribution in [2.24, 2.45) is 5.92 Å². The zero-order valence-electron chi connectivity index (χ0n) is 12.3. The van der Waals surface area contributed by atoms with Crippen molar-refractivity contribution in [2.75, 3.05) is 13.2 Å². The Bertz CT molecular complexity index is 314. The Morgan fingerprint density at radius 3 is 2.56 bits per heavy atom. The molecule has 104 valence electrons. The van der Waals surface area contributed by atoms with E-state index in [-0.39, 0.29) is 5.54 Å². The minimum atomic E-state index is 0.157. The van der Waals surface area contributed by atoms with E-state index in [0.29, 0.717) is 12.0 Å². The van der Waals surface area contributed by atoms with Crippen LogP contribution < -0.4 is 5.32 Å². The molecule has 0 aliphatic rings. The SMILES string of the molecule is CC(C)C(CNC(C)(C)C)OCCc1cccs1. The first kappa shape index (κ1) is 15.7. The van der Waals surface area contributed by atoms with Crippen LogP contribution in [-0.4, -0.2) is 24.8 Å². The van der Waals surface area contributed by atoms with E-state index >= 15 is 0 Å². The van der Waals surface area contributed by atoms with Gasteiger partial charge in [-0.2, -0.15) is 0 Å². The zero-order chi connectivity index (χ0) is 13.6. The molecule has 0 saturated heterocycles. The molecule has 18 heavy (non-hydrogen) atoms. The molecule has 0 saturated carbocycles. The van der Waals surface area contributed by atoms with Crippen molar-refractivity contribution in [3.05, 3.63) is 22.4 Å². The second kappa shape index (κ2) is 7.27. The van der Waals surface area contributed by atoms with Crippen molar-refractivity contribution in [3.8, 4) is 0 Å². The Morgan fingerprint density at radius 2 is 2.06 bits per heavy atom. The van der Waals surface area contributed by atoms with Crippen LogP contribution in [0.4, 0.5) is 0 Å². The maximum atomic E-state index is 6.02. The summed E-state index contributed by atoms with van der Waals surface area (Å²) in [5.41, 5.74) is 0.157. The molecule has 1 N–H and O–H groups in total. The predicted octanol–water partition coefficient (Wildman–Crippen LogP) is 3.72. The molecule has 0 fully saturated rings. The van der Waals surface area contributed by atoms with E-state index in [1.807, 2.05) is 0 Å². The topological polar surface area (TPSA) is 21.3 Å². The zero-order valence-corrected chi connectivity index (χ0v) is 13.1. The van der Waals surface area contributed by atoms with Gasteiger partial charge in [0.2, 0.25) is 0 Å². The molecule has 0 amide bonds. The fourth-order valence-corrected chi connectivity index (χ4v) is 2.35. The van der Waals surface area contributed by atoms with Gasteiger partial charge in [0, 0.05) is 23.4 Å². The lowest BCUT2D eigenvalue weighted by atomic mass is 10.0. The van der Waals surface area contributed by atoms with Gasteiger partial charge in [-0.3, -0.25) is 0 Å². The fraction of sp³-hybridized carbons (Fsp3) is 0.733. The summed E-state index contributed by atoms with van der Waals surface area (Å²) in [7, 11) is 0. The van der Waals surface area contributed by atoms with Crippen molar-refractivity contribution in [1.29, 1.82) is 0 Å². The van der Waals surface area contributed by atoms with Crippen LogP contribution in [-0.2, 0) is 11.2 Å². The maximum Gasteiger partial charge on any atom is 0.0722 e. The summed E-state index contributed by atoms with van der Waals surface area (Å²) in [6, 6.07) is 4.27. The standard InChI is InChI=1S/C15H27NOS/c1-12(2)14(11-16-15(3,4)5)17-9-8-13-7-6-10-18-13/h6-7,10,12,14,16H,8-9,11H2,1-5H3. The molecule has 2 nitrogen and oxygen atoms in total. The van der Waals surface area contributed by atoms with Gasteiger partial charge in [0.15, 0.2) is 0 Å². The van der Waals surface area contributed by atoms with Gasteiger partial charge < -0.3 is 10.1 Å². The highest BCUT2D eigenvalue weighted by molar-refractivity contribution is 7.09. The Kier molecular flexibility index (Phi) is 6.33. The van der Waals surface area contributed by atoms with Crippen LogP contribution >= 0.6 is 11.3 Å². The van der Waals surface area contributed by atoms with E-state index in [9.17, 15) is 0 Å². The Morgan fingerprint density at radius 1 is 1.33 bits per heavy atom. The fourth-order valence-electron chi connectivity index (χ4n) is 1.66. The van der Waals surface area contributed by atoms with Gasteiger partial charge in [-0.1, -0.05) is 19.9 Å². The van der Waals surface area contributed by atoms with Crippen LogP contribution in [0.25, 0.3) is 0 Å². The molecule has 1 aromatic rings. The van der Waals surface area contributed by atoms with Gasteiger partial charge in [0.25, 0.3) is 0 Å². The molecule has 1 heterocycles. The molecular weight excluding hydrogens is 242 g/mol. The molecule has 0 bridgehead atoms. The molecule has 1 unspecified atom stereocenters. The molecule has 0 aliphatic carbocycles. The van der Waals surface area contributed by atoms with E-state index in [2.05, 4.69) is 57.4 Å². The van der Waals surface area contributed by atoms with E-state index in [4.69, 9.17) is 4.74 Å². The average molecular weight is 269 g/mol. The molecule has 0 spiro atoms. The van der Waals surface area contributed by atoms with Crippen LogP contribution in [0.15, 0.2) is 17.5 Å². The summed E-state index contributed by atoms with van der Waals surface area (Å²) < 4.78 is 6.02. The molecular formula is C15H27NOS. The lowest BCUT2D eigenvalue weighted by molar-refractivity contribution is 0.0212. The molecule has 3 heteroatoms. The van der Waals surface area contributed by atoms with Crippen molar-refractivity contribution >= 4 is 11.3 Å². The molecule has 0 radical (unpaired) electrons. The summed E-state index contributed by atoms with van der Waals surface area (Å²) >= 11 is 1.80. The van der Waals surface area contributed by atoms with Crippen LogP contribution in [0, 0.1) is 5.92 Å². The van der Waals surface area contributed by atoms with Crippen molar-refractivity contribution in [3.63, 3.8) is 0 Å². The third-order valence-corrected chi connectivity index (χ3v) is 3.77. The van der Waals surface area contributed by atoms with Gasteiger partial charge >= 0.3 is 0 Å². The monoisotopic (exact) mass is 269 g/mol. The summed E-state index contributed by atoms with van der Waals surface area (Å²) in [4.78, 5) is 1.40. The highest BCUT2D eigenvalue weighted by atomic mass is 32.1.